The third-order valence-corrected chi connectivity index (χ3v) is 6.05. The Kier molecular flexibility index (Phi) is 6.79. The molecule has 0 aliphatic rings. The van der Waals surface area contributed by atoms with E-state index in [0.717, 1.165) is 11.1 Å². The number of anilines is 1. The first-order chi connectivity index (χ1) is 15.2. The molecule has 32 heavy (non-hydrogen) atoms. The fourth-order valence-corrected chi connectivity index (χ4v) is 4.09. The Morgan fingerprint density at radius 3 is 2.31 bits per heavy atom. The monoisotopic (exact) mass is 453 g/mol. The molecule has 0 saturated heterocycles. The second-order valence-corrected chi connectivity index (χ2v) is 8.74. The Bertz CT molecular complexity index is 1270. The summed E-state index contributed by atoms with van der Waals surface area (Å²) >= 11 is 0. The van der Waals surface area contributed by atoms with Crippen LogP contribution in [0.1, 0.15) is 31.8 Å². The van der Waals surface area contributed by atoms with E-state index in [1.807, 2.05) is 19.1 Å². The number of hydrazine groups is 1. The number of hydrogen-bond donors (Lipinski definition) is 3. The van der Waals surface area contributed by atoms with Crippen LogP contribution in [-0.2, 0) is 10.0 Å². The number of para-hydroxylation sites is 2. The van der Waals surface area contributed by atoms with Gasteiger partial charge in [-0.2, -0.15) is 0 Å². The van der Waals surface area contributed by atoms with Gasteiger partial charge in [0, 0.05) is 11.1 Å². The molecule has 0 bridgehead atoms. The molecule has 3 rings (SSSR count). The van der Waals surface area contributed by atoms with Crippen molar-refractivity contribution in [3.05, 3.63) is 89.0 Å². The fraction of sp³-hybridized carbons (Fsp3) is 0.130. The minimum atomic E-state index is -3.98. The number of ether oxygens (including phenoxy) is 1. The zero-order valence-electron chi connectivity index (χ0n) is 17.8. The number of hydrogen-bond acceptors (Lipinski definition) is 5. The zero-order valence-corrected chi connectivity index (χ0v) is 18.6. The van der Waals surface area contributed by atoms with Gasteiger partial charge in [-0.25, -0.2) is 8.42 Å². The van der Waals surface area contributed by atoms with Gasteiger partial charge in [-0.3, -0.25) is 25.2 Å². The van der Waals surface area contributed by atoms with Gasteiger partial charge in [0.05, 0.1) is 17.7 Å². The third kappa shape index (κ3) is 5.25. The van der Waals surface area contributed by atoms with E-state index in [0.29, 0.717) is 11.3 Å². The molecule has 0 saturated carbocycles. The van der Waals surface area contributed by atoms with E-state index in [4.69, 9.17) is 4.74 Å². The highest BCUT2D eigenvalue weighted by Crippen LogP contribution is 2.26. The largest absolute Gasteiger partial charge is 0.495 e. The maximum absolute atomic E-state index is 12.8. The first-order valence-electron chi connectivity index (χ1n) is 9.65. The lowest BCUT2D eigenvalue weighted by Crippen LogP contribution is -2.42. The molecule has 0 unspecified atom stereocenters. The molecule has 0 spiro atoms. The van der Waals surface area contributed by atoms with E-state index in [1.165, 1.54) is 31.4 Å². The van der Waals surface area contributed by atoms with Gasteiger partial charge in [0.1, 0.15) is 5.75 Å². The molecule has 0 aromatic heterocycles. The Balaban J connectivity index is 1.74. The molecule has 0 aliphatic carbocycles. The Labute approximate surface area is 186 Å². The van der Waals surface area contributed by atoms with Crippen LogP contribution in [0, 0.1) is 13.8 Å². The number of rotatable bonds is 6. The summed E-state index contributed by atoms with van der Waals surface area (Å²) in [4.78, 5) is 24.8. The Morgan fingerprint density at radius 2 is 1.56 bits per heavy atom. The third-order valence-electron chi connectivity index (χ3n) is 4.69. The van der Waals surface area contributed by atoms with Crippen LogP contribution in [0.3, 0.4) is 0 Å². The maximum Gasteiger partial charge on any atom is 0.269 e. The summed E-state index contributed by atoms with van der Waals surface area (Å²) in [6.45, 7) is 3.65. The minimum Gasteiger partial charge on any atom is -0.495 e. The molecule has 0 aliphatic heterocycles. The zero-order chi connectivity index (χ0) is 23.3. The van der Waals surface area contributed by atoms with Crippen LogP contribution in [0.4, 0.5) is 5.69 Å². The number of amides is 2. The van der Waals surface area contributed by atoms with Gasteiger partial charge < -0.3 is 4.74 Å². The number of benzene rings is 3. The predicted molar refractivity (Wildman–Crippen MR) is 121 cm³/mol. The van der Waals surface area contributed by atoms with Crippen LogP contribution >= 0.6 is 0 Å². The second-order valence-electron chi connectivity index (χ2n) is 7.06. The van der Waals surface area contributed by atoms with Crippen LogP contribution in [0.5, 0.6) is 5.75 Å². The van der Waals surface area contributed by atoms with Gasteiger partial charge in [-0.1, -0.05) is 35.9 Å². The molecule has 0 atom stereocenters. The minimum absolute atomic E-state index is 0.0640. The SMILES string of the molecule is COc1ccccc1NS(=O)(=O)c1cccc(C(=O)NNC(=O)c2cc(C)ccc2C)c1. The van der Waals surface area contributed by atoms with E-state index in [-0.39, 0.29) is 16.1 Å². The normalized spacial score (nSPS) is 10.8. The van der Waals surface area contributed by atoms with Crippen molar-refractivity contribution in [2.45, 2.75) is 18.7 Å². The summed E-state index contributed by atoms with van der Waals surface area (Å²) in [6, 6.07) is 17.5. The summed E-state index contributed by atoms with van der Waals surface area (Å²) in [7, 11) is -2.55. The Morgan fingerprint density at radius 1 is 0.844 bits per heavy atom. The van der Waals surface area contributed by atoms with Gasteiger partial charge in [0.15, 0.2) is 0 Å². The molecule has 0 heterocycles. The van der Waals surface area contributed by atoms with Gasteiger partial charge in [0.25, 0.3) is 21.8 Å². The van der Waals surface area contributed by atoms with Crippen molar-refractivity contribution in [1.82, 2.24) is 10.9 Å². The molecule has 3 N–H and O–H groups in total. The average Bonchev–Trinajstić information content (AvgIpc) is 2.79. The van der Waals surface area contributed by atoms with Crippen molar-refractivity contribution < 1.29 is 22.7 Å². The molecule has 3 aromatic carbocycles. The number of methoxy groups -OCH3 is 1. The van der Waals surface area contributed by atoms with E-state index in [9.17, 15) is 18.0 Å². The van der Waals surface area contributed by atoms with Crippen molar-refractivity contribution in [3.8, 4) is 5.75 Å². The summed E-state index contributed by atoms with van der Waals surface area (Å²) < 4.78 is 33.2. The number of nitrogens with one attached hydrogen (secondary N) is 3. The average molecular weight is 454 g/mol. The van der Waals surface area contributed by atoms with Crippen LogP contribution in [0.25, 0.3) is 0 Å². The quantitative estimate of drug-likeness (QED) is 0.496. The lowest BCUT2D eigenvalue weighted by atomic mass is 10.1. The van der Waals surface area contributed by atoms with E-state index >= 15 is 0 Å². The molecule has 8 nitrogen and oxygen atoms in total. The number of sulfonamides is 1. The molecule has 9 heteroatoms. The summed E-state index contributed by atoms with van der Waals surface area (Å²) in [5.41, 5.74) is 7.11. The Hall–Kier alpha value is -3.85. The lowest BCUT2D eigenvalue weighted by molar-refractivity contribution is 0.0846. The van der Waals surface area contributed by atoms with Crippen LogP contribution < -0.4 is 20.3 Å². The molecule has 3 aromatic rings. The van der Waals surface area contributed by atoms with Crippen LogP contribution in [0.15, 0.2) is 71.6 Å². The van der Waals surface area contributed by atoms with Gasteiger partial charge >= 0.3 is 0 Å². The van der Waals surface area contributed by atoms with Crippen molar-refractivity contribution in [3.63, 3.8) is 0 Å². The standard InChI is InChI=1S/C23H23N3O5S/c1-15-11-12-16(2)19(13-15)23(28)25-24-22(27)17-7-6-8-18(14-17)32(29,30)26-20-9-4-5-10-21(20)31-3/h4-14,26H,1-3H3,(H,24,27)(H,25,28). The molecule has 0 radical (unpaired) electrons. The summed E-state index contributed by atoms with van der Waals surface area (Å²) in [5.74, 6) is -0.765. The molecular formula is C23H23N3O5S. The van der Waals surface area contributed by atoms with E-state index in [2.05, 4.69) is 15.6 Å². The highest BCUT2D eigenvalue weighted by Gasteiger charge is 2.19. The smallest absolute Gasteiger partial charge is 0.269 e. The number of aryl methyl sites for hydroxylation is 2. The molecule has 2 amide bonds. The van der Waals surface area contributed by atoms with Gasteiger partial charge in [-0.15, -0.1) is 0 Å². The summed E-state index contributed by atoms with van der Waals surface area (Å²) in [6.07, 6.45) is 0. The predicted octanol–water partition coefficient (Wildman–Crippen LogP) is 3.19. The highest BCUT2D eigenvalue weighted by atomic mass is 32.2. The van der Waals surface area contributed by atoms with Crippen LogP contribution in [0.2, 0.25) is 0 Å². The van der Waals surface area contributed by atoms with Crippen molar-refractivity contribution in [1.29, 1.82) is 0 Å². The second kappa shape index (κ2) is 9.52. The first-order valence-corrected chi connectivity index (χ1v) is 11.1. The topological polar surface area (TPSA) is 114 Å². The number of carbonyl (C=O) groups excluding carboxylic acids is 2. The molecular weight excluding hydrogens is 430 g/mol. The molecule has 166 valence electrons. The summed E-state index contributed by atoms with van der Waals surface area (Å²) in [5, 5.41) is 0. The van der Waals surface area contributed by atoms with Gasteiger partial charge in [0.2, 0.25) is 0 Å². The van der Waals surface area contributed by atoms with E-state index < -0.39 is 21.8 Å². The lowest BCUT2D eigenvalue weighted by Gasteiger charge is -2.13. The fourth-order valence-electron chi connectivity index (χ4n) is 2.97. The van der Waals surface area contributed by atoms with Crippen LogP contribution in [-0.4, -0.2) is 27.3 Å². The first kappa shape index (κ1) is 22.8. The maximum atomic E-state index is 12.8. The van der Waals surface area contributed by atoms with Crippen molar-refractivity contribution in [2.24, 2.45) is 0 Å². The van der Waals surface area contributed by atoms with E-state index in [1.54, 1.807) is 37.3 Å². The van der Waals surface area contributed by atoms with Crippen molar-refractivity contribution in [2.75, 3.05) is 11.8 Å². The highest BCUT2D eigenvalue weighted by molar-refractivity contribution is 7.92. The molecule has 0 fully saturated rings. The van der Waals surface area contributed by atoms with Gasteiger partial charge in [-0.05, 0) is 55.8 Å². The van der Waals surface area contributed by atoms with Crippen molar-refractivity contribution >= 4 is 27.5 Å². The number of carbonyl (C=O) groups is 2.